The van der Waals surface area contributed by atoms with Gasteiger partial charge in [-0.05, 0) is 11.8 Å². The highest BCUT2D eigenvalue weighted by atomic mass is 16.5. The Bertz CT molecular complexity index is 632. The van der Waals surface area contributed by atoms with Crippen LogP contribution in [0.25, 0.3) is 0 Å². The maximum atomic E-state index is 12.4. The lowest BCUT2D eigenvalue weighted by molar-refractivity contribution is -0.157. The van der Waals surface area contributed by atoms with Crippen LogP contribution in [0.15, 0.2) is 0 Å². The average Bonchev–Trinajstić information content (AvgIpc) is 3.20. The molecule has 0 spiro atoms. The molecule has 0 aromatic rings. The molecule has 2 heterocycles. The van der Waals surface area contributed by atoms with Crippen molar-refractivity contribution in [3.63, 3.8) is 0 Å². The molecule has 2 unspecified atom stereocenters. The number of ether oxygens (including phenoxy) is 2. The molecule has 8 nitrogen and oxygen atoms in total. The number of likely N-dealkylation sites (tertiary alicyclic amines) is 2. The van der Waals surface area contributed by atoms with Gasteiger partial charge in [-0.3, -0.25) is 19.2 Å². The topological polar surface area (TPSA) is 93.2 Å². The maximum absolute atomic E-state index is 12.4. The molecule has 2 fully saturated rings. The van der Waals surface area contributed by atoms with Crippen LogP contribution in [0.5, 0.6) is 0 Å². The quantitative estimate of drug-likeness (QED) is 0.485. The van der Waals surface area contributed by atoms with Crippen molar-refractivity contribution in [3.8, 4) is 0 Å². The first kappa shape index (κ1) is 25.1. The first-order valence-corrected chi connectivity index (χ1v) is 11.3. The summed E-state index contributed by atoms with van der Waals surface area (Å²) in [6.45, 7) is 14.1. The van der Waals surface area contributed by atoms with E-state index in [2.05, 4.69) is 0 Å². The SMILES string of the molecule is CC(C)CN1CC(C(=O)OCC(C)(C)COC(=O)C2CC(=O)N(CC(C)C)C2)CC1=O. The van der Waals surface area contributed by atoms with Crippen molar-refractivity contribution in [1.82, 2.24) is 9.80 Å². The Morgan fingerprint density at radius 1 is 0.839 bits per heavy atom. The summed E-state index contributed by atoms with van der Waals surface area (Å²) < 4.78 is 10.9. The second-order valence-corrected chi connectivity index (χ2v) is 10.6. The monoisotopic (exact) mass is 438 g/mol. The number of hydrogen-bond donors (Lipinski definition) is 0. The van der Waals surface area contributed by atoms with Crippen molar-refractivity contribution in [1.29, 1.82) is 0 Å². The molecular formula is C23H38N2O6. The second kappa shape index (κ2) is 10.5. The van der Waals surface area contributed by atoms with Gasteiger partial charge in [0, 0.05) is 44.4 Å². The summed E-state index contributed by atoms with van der Waals surface area (Å²) >= 11 is 0. The summed E-state index contributed by atoms with van der Waals surface area (Å²) in [6, 6.07) is 0. The van der Waals surface area contributed by atoms with E-state index in [4.69, 9.17) is 9.47 Å². The smallest absolute Gasteiger partial charge is 0.311 e. The number of hydrogen-bond acceptors (Lipinski definition) is 6. The van der Waals surface area contributed by atoms with Gasteiger partial charge in [0.2, 0.25) is 11.8 Å². The standard InChI is InChI=1S/C23H38N2O6/c1-15(2)9-24-11-17(7-19(24)26)21(28)30-13-23(5,6)14-31-22(29)18-8-20(27)25(12-18)10-16(3)4/h15-18H,7-14H2,1-6H3. The summed E-state index contributed by atoms with van der Waals surface area (Å²) in [5, 5.41) is 0. The Morgan fingerprint density at radius 2 is 1.19 bits per heavy atom. The van der Waals surface area contributed by atoms with Gasteiger partial charge in [-0.25, -0.2) is 0 Å². The first-order chi connectivity index (χ1) is 14.4. The highest BCUT2D eigenvalue weighted by Crippen LogP contribution is 2.24. The zero-order valence-electron chi connectivity index (χ0n) is 19.8. The fourth-order valence-corrected chi connectivity index (χ4v) is 3.90. The minimum Gasteiger partial charge on any atom is -0.465 e. The number of carbonyl (C=O) groups is 4. The number of rotatable bonds is 10. The maximum Gasteiger partial charge on any atom is 0.311 e. The molecular weight excluding hydrogens is 400 g/mol. The van der Waals surface area contributed by atoms with E-state index >= 15 is 0 Å². The van der Waals surface area contributed by atoms with Gasteiger partial charge in [0.15, 0.2) is 0 Å². The second-order valence-electron chi connectivity index (χ2n) is 10.6. The molecule has 8 heteroatoms. The number of esters is 2. The van der Waals surface area contributed by atoms with Gasteiger partial charge in [0.1, 0.15) is 0 Å². The van der Waals surface area contributed by atoms with Gasteiger partial charge in [-0.2, -0.15) is 0 Å². The van der Waals surface area contributed by atoms with E-state index in [-0.39, 0.29) is 49.8 Å². The Kier molecular flexibility index (Phi) is 8.49. The van der Waals surface area contributed by atoms with Crippen molar-refractivity contribution in [2.75, 3.05) is 39.4 Å². The Balaban J connectivity index is 1.75. The highest BCUT2D eigenvalue weighted by Gasteiger charge is 2.38. The Hall–Kier alpha value is -2.12. The number of amides is 2. The third-order valence-electron chi connectivity index (χ3n) is 5.48. The van der Waals surface area contributed by atoms with E-state index in [9.17, 15) is 19.2 Å². The minimum absolute atomic E-state index is 0.0125. The summed E-state index contributed by atoms with van der Waals surface area (Å²) in [7, 11) is 0. The van der Waals surface area contributed by atoms with Crippen LogP contribution in [0, 0.1) is 29.1 Å². The van der Waals surface area contributed by atoms with Crippen molar-refractivity contribution in [2.24, 2.45) is 29.1 Å². The van der Waals surface area contributed by atoms with Gasteiger partial charge in [-0.1, -0.05) is 41.5 Å². The van der Waals surface area contributed by atoms with Crippen LogP contribution >= 0.6 is 0 Å². The van der Waals surface area contributed by atoms with Crippen LogP contribution in [0.1, 0.15) is 54.4 Å². The van der Waals surface area contributed by atoms with Crippen molar-refractivity contribution < 1.29 is 28.7 Å². The lowest BCUT2D eigenvalue weighted by Gasteiger charge is -2.25. The van der Waals surface area contributed by atoms with Gasteiger partial charge >= 0.3 is 11.9 Å². The molecule has 2 aliphatic heterocycles. The number of carbonyl (C=O) groups excluding carboxylic acids is 4. The predicted molar refractivity (Wildman–Crippen MR) is 115 cm³/mol. The molecule has 176 valence electrons. The van der Waals surface area contributed by atoms with E-state index in [1.807, 2.05) is 41.5 Å². The Morgan fingerprint density at radius 3 is 1.52 bits per heavy atom. The van der Waals surface area contributed by atoms with Crippen molar-refractivity contribution in [3.05, 3.63) is 0 Å². The van der Waals surface area contributed by atoms with E-state index in [0.717, 1.165) is 0 Å². The largest absolute Gasteiger partial charge is 0.465 e. The molecule has 0 N–H and O–H groups in total. The summed E-state index contributed by atoms with van der Waals surface area (Å²) in [5.41, 5.74) is -0.564. The third kappa shape index (κ3) is 7.51. The fourth-order valence-electron chi connectivity index (χ4n) is 3.90. The molecule has 31 heavy (non-hydrogen) atoms. The van der Waals surface area contributed by atoms with E-state index in [1.165, 1.54) is 0 Å². The first-order valence-electron chi connectivity index (χ1n) is 11.3. The van der Waals surface area contributed by atoms with Crippen LogP contribution in [-0.4, -0.2) is 72.9 Å². The van der Waals surface area contributed by atoms with Crippen LogP contribution in [0.4, 0.5) is 0 Å². The molecule has 0 aromatic heterocycles. The molecule has 2 atom stereocenters. The lowest BCUT2D eigenvalue weighted by atomic mass is 9.96. The average molecular weight is 439 g/mol. The summed E-state index contributed by atoms with van der Waals surface area (Å²) in [4.78, 5) is 52.4. The molecule has 2 amide bonds. The van der Waals surface area contributed by atoms with Crippen molar-refractivity contribution >= 4 is 23.8 Å². The van der Waals surface area contributed by atoms with Crippen LogP contribution in [0.3, 0.4) is 0 Å². The minimum atomic E-state index is -0.564. The summed E-state index contributed by atoms with van der Waals surface area (Å²) in [5.74, 6) is -0.987. The van der Waals surface area contributed by atoms with E-state index < -0.39 is 17.3 Å². The zero-order valence-corrected chi connectivity index (χ0v) is 19.8. The van der Waals surface area contributed by atoms with Gasteiger partial charge in [0.05, 0.1) is 25.0 Å². The molecule has 0 saturated carbocycles. The molecule has 2 aliphatic rings. The third-order valence-corrected chi connectivity index (χ3v) is 5.48. The van der Waals surface area contributed by atoms with E-state index in [0.29, 0.717) is 38.0 Å². The molecule has 0 aromatic carbocycles. The number of nitrogens with zero attached hydrogens (tertiary/aromatic N) is 2. The Labute approximate surface area is 185 Å². The normalized spacial score (nSPS) is 22.1. The molecule has 2 saturated heterocycles. The highest BCUT2D eigenvalue weighted by molar-refractivity contribution is 5.87. The van der Waals surface area contributed by atoms with Crippen molar-refractivity contribution in [2.45, 2.75) is 54.4 Å². The van der Waals surface area contributed by atoms with Gasteiger partial charge < -0.3 is 19.3 Å². The molecule has 0 bridgehead atoms. The van der Waals surface area contributed by atoms with Crippen LogP contribution in [-0.2, 0) is 28.7 Å². The molecule has 0 radical (unpaired) electrons. The lowest BCUT2D eigenvalue weighted by Crippen LogP contribution is -2.33. The molecule has 0 aliphatic carbocycles. The van der Waals surface area contributed by atoms with Crippen LogP contribution in [0.2, 0.25) is 0 Å². The van der Waals surface area contributed by atoms with Gasteiger partial charge in [-0.15, -0.1) is 0 Å². The molecule has 2 rings (SSSR count). The van der Waals surface area contributed by atoms with Crippen LogP contribution < -0.4 is 0 Å². The van der Waals surface area contributed by atoms with Gasteiger partial charge in [0.25, 0.3) is 0 Å². The van der Waals surface area contributed by atoms with E-state index in [1.54, 1.807) is 9.80 Å². The fraction of sp³-hybridized carbons (Fsp3) is 0.826. The zero-order chi connectivity index (χ0) is 23.3. The summed E-state index contributed by atoms with van der Waals surface area (Å²) in [6.07, 6.45) is 0.368. The predicted octanol–water partition coefficient (Wildman–Crippen LogP) is 2.11.